The molecule has 5 nitrogen and oxygen atoms in total. The number of aliphatic hydroxyl groups is 2. The molecule has 15 heavy (non-hydrogen) atoms. The van der Waals surface area contributed by atoms with E-state index in [1.165, 1.54) is 0 Å². The van der Waals surface area contributed by atoms with E-state index in [0.717, 1.165) is 0 Å². The topological polar surface area (TPSA) is 62.2 Å². The van der Waals surface area contributed by atoms with Crippen molar-refractivity contribution in [2.24, 2.45) is 0 Å². The van der Waals surface area contributed by atoms with Crippen molar-refractivity contribution in [2.75, 3.05) is 33.0 Å². The van der Waals surface area contributed by atoms with Gasteiger partial charge in [-0.15, -0.1) is 0 Å². The standard InChI is InChI=1S/C10H23NO4/c1-4-14-7-8-15-6-5-11(9(2)12)10(3)13/h9-10,12-13H,4-8H2,1-3H3. The van der Waals surface area contributed by atoms with E-state index in [1.807, 2.05) is 6.92 Å². The van der Waals surface area contributed by atoms with Gasteiger partial charge in [0.1, 0.15) is 12.5 Å². The van der Waals surface area contributed by atoms with E-state index in [4.69, 9.17) is 9.47 Å². The summed E-state index contributed by atoms with van der Waals surface area (Å²) in [5.74, 6) is 0. The fourth-order valence-electron chi connectivity index (χ4n) is 1.22. The quantitative estimate of drug-likeness (QED) is 0.424. The third-order valence-corrected chi connectivity index (χ3v) is 2.03. The van der Waals surface area contributed by atoms with Gasteiger partial charge in [-0.2, -0.15) is 0 Å². The van der Waals surface area contributed by atoms with Crippen LogP contribution in [0.1, 0.15) is 20.8 Å². The highest BCUT2D eigenvalue weighted by molar-refractivity contribution is 4.58. The number of nitrogens with zero attached hydrogens (tertiary/aromatic N) is 1. The number of aliphatic hydroxyl groups excluding tert-OH is 2. The van der Waals surface area contributed by atoms with Crippen LogP contribution in [-0.4, -0.2) is 60.5 Å². The van der Waals surface area contributed by atoms with Crippen LogP contribution < -0.4 is 0 Å². The lowest BCUT2D eigenvalue weighted by atomic mass is 10.4. The van der Waals surface area contributed by atoms with Crippen molar-refractivity contribution in [2.45, 2.75) is 33.2 Å². The molecule has 0 saturated heterocycles. The molecule has 2 atom stereocenters. The Kier molecular flexibility index (Phi) is 8.94. The minimum absolute atomic E-state index is 0.475. The van der Waals surface area contributed by atoms with Crippen LogP contribution in [0.5, 0.6) is 0 Å². The summed E-state index contributed by atoms with van der Waals surface area (Å²) in [6.45, 7) is 7.96. The van der Waals surface area contributed by atoms with E-state index >= 15 is 0 Å². The lowest BCUT2D eigenvalue weighted by Crippen LogP contribution is -2.42. The van der Waals surface area contributed by atoms with Gasteiger partial charge in [-0.05, 0) is 20.8 Å². The maximum atomic E-state index is 9.31. The molecule has 0 heterocycles. The van der Waals surface area contributed by atoms with Gasteiger partial charge in [0.25, 0.3) is 0 Å². The van der Waals surface area contributed by atoms with Gasteiger partial charge in [0.15, 0.2) is 0 Å². The normalized spacial score (nSPS) is 15.6. The molecule has 0 aliphatic rings. The van der Waals surface area contributed by atoms with Gasteiger partial charge in [-0.3, -0.25) is 4.90 Å². The molecule has 0 saturated carbocycles. The first kappa shape index (κ1) is 14.8. The van der Waals surface area contributed by atoms with Crippen LogP contribution >= 0.6 is 0 Å². The van der Waals surface area contributed by atoms with E-state index in [-0.39, 0.29) is 0 Å². The van der Waals surface area contributed by atoms with E-state index in [1.54, 1.807) is 18.7 Å². The summed E-state index contributed by atoms with van der Waals surface area (Å²) in [5, 5.41) is 18.6. The van der Waals surface area contributed by atoms with Crippen molar-refractivity contribution in [1.82, 2.24) is 4.90 Å². The Hall–Kier alpha value is -0.200. The molecule has 2 N–H and O–H groups in total. The van der Waals surface area contributed by atoms with Crippen LogP contribution in [0.3, 0.4) is 0 Å². The predicted molar refractivity (Wildman–Crippen MR) is 57.4 cm³/mol. The van der Waals surface area contributed by atoms with Crippen molar-refractivity contribution in [1.29, 1.82) is 0 Å². The first-order valence-electron chi connectivity index (χ1n) is 5.37. The average Bonchev–Trinajstić information content (AvgIpc) is 2.15. The average molecular weight is 221 g/mol. The second kappa shape index (κ2) is 9.06. The van der Waals surface area contributed by atoms with Gasteiger partial charge >= 0.3 is 0 Å². The van der Waals surface area contributed by atoms with E-state index in [0.29, 0.717) is 33.0 Å². The molecule has 0 aromatic carbocycles. The number of hydrogen-bond donors (Lipinski definition) is 2. The molecule has 5 heteroatoms. The Morgan fingerprint density at radius 3 is 2.00 bits per heavy atom. The largest absolute Gasteiger partial charge is 0.379 e. The fourth-order valence-corrected chi connectivity index (χ4v) is 1.22. The monoisotopic (exact) mass is 221 g/mol. The molecular weight excluding hydrogens is 198 g/mol. The first-order valence-corrected chi connectivity index (χ1v) is 5.37. The smallest absolute Gasteiger partial charge is 0.106 e. The van der Waals surface area contributed by atoms with Crippen LogP contribution in [0.4, 0.5) is 0 Å². The van der Waals surface area contributed by atoms with Crippen molar-refractivity contribution in [3.05, 3.63) is 0 Å². The van der Waals surface area contributed by atoms with Crippen LogP contribution in [0.2, 0.25) is 0 Å². The lowest BCUT2D eigenvalue weighted by molar-refractivity contribution is -0.0950. The third kappa shape index (κ3) is 7.70. The molecule has 0 amide bonds. The zero-order valence-electron chi connectivity index (χ0n) is 9.85. The summed E-state index contributed by atoms with van der Waals surface area (Å²) < 4.78 is 10.4. The van der Waals surface area contributed by atoms with E-state index in [9.17, 15) is 10.2 Å². The van der Waals surface area contributed by atoms with Gasteiger partial charge in [0, 0.05) is 13.2 Å². The van der Waals surface area contributed by atoms with Crippen molar-refractivity contribution in [3.8, 4) is 0 Å². The molecule has 0 rings (SSSR count). The van der Waals surface area contributed by atoms with Crippen LogP contribution in [0, 0.1) is 0 Å². The molecule has 0 bridgehead atoms. The zero-order valence-corrected chi connectivity index (χ0v) is 9.85. The molecule has 0 aliphatic heterocycles. The molecular formula is C10H23NO4. The van der Waals surface area contributed by atoms with E-state index < -0.39 is 12.5 Å². The van der Waals surface area contributed by atoms with Gasteiger partial charge in [-0.1, -0.05) is 0 Å². The SMILES string of the molecule is CCOCCOCCN(C(C)O)C(C)O. The Bertz CT molecular complexity index is 133. The molecule has 0 fully saturated rings. The van der Waals surface area contributed by atoms with Crippen LogP contribution in [0.25, 0.3) is 0 Å². The number of ether oxygens (including phenoxy) is 2. The summed E-state index contributed by atoms with van der Waals surface area (Å²) in [6, 6.07) is 0. The minimum Gasteiger partial charge on any atom is -0.379 e. The van der Waals surface area contributed by atoms with E-state index in [2.05, 4.69) is 0 Å². The van der Waals surface area contributed by atoms with Gasteiger partial charge in [0.2, 0.25) is 0 Å². The summed E-state index contributed by atoms with van der Waals surface area (Å²) in [5.41, 5.74) is 0. The van der Waals surface area contributed by atoms with Gasteiger partial charge in [0.05, 0.1) is 19.8 Å². The predicted octanol–water partition coefficient (Wildman–Crippen LogP) is 0.0181. The zero-order chi connectivity index (χ0) is 11.7. The molecule has 92 valence electrons. The number of rotatable bonds is 9. The summed E-state index contributed by atoms with van der Waals surface area (Å²) in [7, 11) is 0. The fraction of sp³-hybridized carbons (Fsp3) is 1.00. The molecule has 0 aromatic heterocycles. The summed E-state index contributed by atoms with van der Waals surface area (Å²) >= 11 is 0. The minimum atomic E-state index is -0.666. The Balaban J connectivity index is 3.46. The highest BCUT2D eigenvalue weighted by Gasteiger charge is 2.15. The first-order chi connectivity index (χ1) is 7.09. The Labute approximate surface area is 91.6 Å². The second-order valence-corrected chi connectivity index (χ2v) is 3.31. The third-order valence-electron chi connectivity index (χ3n) is 2.03. The maximum Gasteiger partial charge on any atom is 0.106 e. The molecule has 2 unspecified atom stereocenters. The van der Waals surface area contributed by atoms with Gasteiger partial charge < -0.3 is 19.7 Å². The molecule has 0 aliphatic carbocycles. The number of hydrogen-bond acceptors (Lipinski definition) is 5. The summed E-state index contributed by atoms with van der Waals surface area (Å²) in [6.07, 6.45) is -1.33. The summed E-state index contributed by atoms with van der Waals surface area (Å²) in [4.78, 5) is 1.54. The molecule has 0 radical (unpaired) electrons. The Morgan fingerprint density at radius 1 is 1.00 bits per heavy atom. The lowest BCUT2D eigenvalue weighted by Gasteiger charge is -2.27. The van der Waals surface area contributed by atoms with Crippen LogP contribution in [0.15, 0.2) is 0 Å². The molecule has 0 aromatic rings. The maximum absolute atomic E-state index is 9.31. The molecule has 0 spiro atoms. The van der Waals surface area contributed by atoms with Crippen molar-refractivity contribution < 1.29 is 19.7 Å². The highest BCUT2D eigenvalue weighted by atomic mass is 16.5. The second-order valence-electron chi connectivity index (χ2n) is 3.31. The van der Waals surface area contributed by atoms with Gasteiger partial charge in [-0.25, -0.2) is 0 Å². The Morgan fingerprint density at radius 2 is 1.53 bits per heavy atom. The van der Waals surface area contributed by atoms with Crippen molar-refractivity contribution in [3.63, 3.8) is 0 Å². The highest BCUT2D eigenvalue weighted by Crippen LogP contribution is 2.00. The van der Waals surface area contributed by atoms with Crippen LogP contribution in [-0.2, 0) is 9.47 Å². The van der Waals surface area contributed by atoms with Crippen molar-refractivity contribution >= 4 is 0 Å².